The van der Waals surface area contributed by atoms with Crippen LogP contribution < -0.4 is 11.1 Å². The minimum absolute atomic E-state index is 0.149. The molecule has 2 aromatic rings. The Bertz CT molecular complexity index is 717. The van der Waals surface area contributed by atoms with Gasteiger partial charge in [-0.15, -0.1) is 0 Å². The molecule has 1 amide bonds. The van der Waals surface area contributed by atoms with Crippen molar-refractivity contribution >= 4 is 5.91 Å². The average molecular weight is 398 g/mol. The maximum atomic E-state index is 12.7. The first kappa shape index (κ1) is 21.6. The van der Waals surface area contributed by atoms with Gasteiger partial charge in [0.15, 0.2) is 5.69 Å². The van der Waals surface area contributed by atoms with Crippen molar-refractivity contribution < 1.29 is 9.21 Å². The summed E-state index contributed by atoms with van der Waals surface area (Å²) in [5, 5.41) is 3.19. The molecule has 1 heterocycles. The number of carbonyl (C=O) groups is 1. The van der Waals surface area contributed by atoms with Crippen LogP contribution >= 0.6 is 0 Å². The molecule has 0 bridgehead atoms. The fraction of sp³-hybridized carbons (Fsp3) is 0.583. The van der Waals surface area contributed by atoms with Crippen LogP contribution in [0.2, 0.25) is 0 Å². The lowest BCUT2D eigenvalue weighted by Gasteiger charge is -2.19. The van der Waals surface area contributed by atoms with E-state index in [1.165, 1.54) is 64.1 Å². The summed E-state index contributed by atoms with van der Waals surface area (Å²) < 4.78 is 5.52. The van der Waals surface area contributed by atoms with E-state index in [9.17, 15) is 4.79 Å². The molecule has 1 aromatic carbocycles. The lowest BCUT2D eigenvalue weighted by Crippen LogP contribution is -2.35. The zero-order valence-electron chi connectivity index (χ0n) is 17.4. The van der Waals surface area contributed by atoms with Crippen molar-refractivity contribution in [3.8, 4) is 0 Å². The molecule has 3 rings (SSSR count). The Morgan fingerprint density at radius 1 is 1.00 bits per heavy atom. The standard InChI is InChI=1S/C24H35N3O2/c25-21(17-19-13-9-8-10-14-19)24-27-22(18-29-24)23(28)26-20-15-11-6-4-2-1-3-5-7-12-16-20/h8-10,13-14,18,20-21H,1-7,11-12,15-17,25H2,(H,26,28). The topological polar surface area (TPSA) is 81.1 Å². The SMILES string of the molecule is NC(Cc1ccccc1)c1nc(C(=O)NC2CCCCCCCCCCC2)co1. The van der Waals surface area contributed by atoms with Gasteiger partial charge < -0.3 is 15.5 Å². The average Bonchev–Trinajstić information content (AvgIpc) is 3.21. The van der Waals surface area contributed by atoms with Crippen LogP contribution in [0.1, 0.15) is 98.6 Å². The van der Waals surface area contributed by atoms with Crippen LogP contribution in [-0.4, -0.2) is 16.9 Å². The normalized spacial score (nSPS) is 18.4. The van der Waals surface area contributed by atoms with E-state index in [0.717, 1.165) is 18.4 Å². The number of carbonyl (C=O) groups excluding carboxylic acids is 1. The van der Waals surface area contributed by atoms with E-state index in [4.69, 9.17) is 10.2 Å². The van der Waals surface area contributed by atoms with Gasteiger partial charge in [-0.2, -0.15) is 0 Å². The number of hydrogen-bond donors (Lipinski definition) is 2. The third kappa shape index (κ3) is 7.32. The summed E-state index contributed by atoms with van der Waals surface area (Å²) >= 11 is 0. The molecule has 1 atom stereocenters. The second-order valence-electron chi connectivity index (χ2n) is 8.30. The molecular weight excluding hydrogens is 362 g/mol. The molecule has 158 valence electrons. The van der Waals surface area contributed by atoms with E-state index < -0.39 is 0 Å². The Labute approximate surface area is 174 Å². The van der Waals surface area contributed by atoms with Crippen molar-refractivity contribution in [3.05, 3.63) is 53.7 Å². The summed E-state index contributed by atoms with van der Waals surface area (Å²) in [5.41, 5.74) is 7.69. The van der Waals surface area contributed by atoms with E-state index in [2.05, 4.69) is 10.3 Å². The van der Waals surface area contributed by atoms with Crippen molar-refractivity contribution in [2.24, 2.45) is 5.73 Å². The second-order valence-corrected chi connectivity index (χ2v) is 8.30. The number of oxazole rings is 1. The number of nitrogens with two attached hydrogens (primary N) is 1. The van der Waals surface area contributed by atoms with Crippen molar-refractivity contribution in [3.63, 3.8) is 0 Å². The summed E-state index contributed by atoms with van der Waals surface area (Å²) in [7, 11) is 0. The number of aromatic nitrogens is 1. The summed E-state index contributed by atoms with van der Waals surface area (Å²) in [4.78, 5) is 17.1. The fourth-order valence-corrected chi connectivity index (χ4v) is 4.08. The van der Waals surface area contributed by atoms with Gasteiger partial charge in [0, 0.05) is 6.04 Å². The van der Waals surface area contributed by atoms with E-state index in [-0.39, 0.29) is 18.0 Å². The first-order valence-corrected chi connectivity index (χ1v) is 11.3. The first-order chi connectivity index (χ1) is 14.2. The Morgan fingerprint density at radius 2 is 1.59 bits per heavy atom. The molecule has 1 aliphatic carbocycles. The zero-order chi connectivity index (χ0) is 20.3. The molecule has 1 aromatic heterocycles. The van der Waals surface area contributed by atoms with Gasteiger partial charge in [0.25, 0.3) is 5.91 Å². The quantitative estimate of drug-likeness (QED) is 0.715. The summed E-state index contributed by atoms with van der Waals surface area (Å²) in [6.45, 7) is 0. The van der Waals surface area contributed by atoms with Gasteiger partial charge in [-0.25, -0.2) is 4.98 Å². The molecule has 0 saturated heterocycles. The van der Waals surface area contributed by atoms with Gasteiger partial charge in [0.2, 0.25) is 5.89 Å². The zero-order valence-corrected chi connectivity index (χ0v) is 17.4. The molecule has 29 heavy (non-hydrogen) atoms. The van der Waals surface area contributed by atoms with Crippen molar-refractivity contribution in [1.29, 1.82) is 0 Å². The number of nitrogens with one attached hydrogen (secondary N) is 1. The molecule has 0 radical (unpaired) electrons. The van der Waals surface area contributed by atoms with Crippen LogP contribution in [0.4, 0.5) is 0 Å². The van der Waals surface area contributed by atoms with Gasteiger partial charge in [0.1, 0.15) is 6.26 Å². The second kappa shape index (κ2) is 11.8. The van der Waals surface area contributed by atoms with Gasteiger partial charge in [-0.05, 0) is 24.8 Å². The minimum atomic E-state index is -0.361. The van der Waals surface area contributed by atoms with Crippen LogP contribution in [0.15, 0.2) is 41.0 Å². The molecule has 5 nitrogen and oxygen atoms in total. The van der Waals surface area contributed by atoms with Gasteiger partial charge >= 0.3 is 0 Å². The third-order valence-corrected chi connectivity index (χ3v) is 5.81. The lowest BCUT2D eigenvalue weighted by molar-refractivity contribution is 0.0926. The van der Waals surface area contributed by atoms with Crippen LogP contribution in [0, 0.1) is 0 Å². The van der Waals surface area contributed by atoms with E-state index in [0.29, 0.717) is 18.0 Å². The molecule has 1 aliphatic rings. The maximum Gasteiger partial charge on any atom is 0.273 e. The Morgan fingerprint density at radius 3 is 2.21 bits per heavy atom. The molecule has 5 heteroatoms. The van der Waals surface area contributed by atoms with Crippen LogP contribution in [0.3, 0.4) is 0 Å². The van der Waals surface area contributed by atoms with Gasteiger partial charge in [-0.1, -0.05) is 88.1 Å². The molecule has 0 spiro atoms. The number of benzene rings is 1. The molecule has 3 N–H and O–H groups in total. The highest BCUT2D eigenvalue weighted by atomic mass is 16.3. The molecule has 1 saturated carbocycles. The van der Waals surface area contributed by atoms with E-state index >= 15 is 0 Å². The predicted molar refractivity (Wildman–Crippen MR) is 116 cm³/mol. The minimum Gasteiger partial charge on any atom is -0.446 e. The maximum absolute atomic E-state index is 12.7. The largest absolute Gasteiger partial charge is 0.446 e. The smallest absolute Gasteiger partial charge is 0.273 e. The van der Waals surface area contributed by atoms with Crippen LogP contribution in [0.25, 0.3) is 0 Å². The van der Waals surface area contributed by atoms with Crippen molar-refractivity contribution in [2.45, 2.75) is 89.1 Å². The van der Waals surface area contributed by atoms with Gasteiger partial charge in [0.05, 0.1) is 6.04 Å². The van der Waals surface area contributed by atoms with E-state index in [1.807, 2.05) is 30.3 Å². The Hall–Kier alpha value is -2.14. The van der Waals surface area contributed by atoms with Crippen LogP contribution in [0.5, 0.6) is 0 Å². The number of hydrogen-bond acceptors (Lipinski definition) is 4. The monoisotopic (exact) mass is 397 g/mol. The van der Waals surface area contributed by atoms with Crippen LogP contribution in [-0.2, 0) is 6.42 Å². The highest BCUT2D eigenvalue weighted by Gasteiger charge is 2.20. The molecular formula is C24H35N3O2. The number of nitrogens with zero attached hydrogens (tertiary/aromatic N) is 1. The van der Waals surface area contributed by atoms with Gasteiger partial charge in [-0.3, -0.25) is 4.79 Å². The Kier molecular flexibility index (Phi) is 8.75. The fourth-order valence-electron chi connectivity index (χ4n) is 4.08. The summed E-state index contributed by atoms with van der Waals surface area (Å²) in [5.74, 6) is 0.265. The predicted octanol–water partition coefficient (Wildman–Crippen LogP) is 5.32. The number of amides is 1. The summed E-state index contributed by atoms with van der Waals surface area (Å²) in [6, 6.07) is 9.87. The highest BCUT2D eigenvalue weighted by molar-refractivity contribution is 5.92. The number of rotatable bonds is 5. The Balaban J connectivity index is 1.53. The highest BCUT2D eigenvalue weighted by Crippen LogP contribution is 2.19. The van der Waals surface area contributed by atoms with Crippen molar-refractivity contribution in [1.82, 2.24) is 10.3 Å². The lowest BCUT2D eigenvalue weighted by atomic mass is 9.98. The van der Waals surface area contributed by atoms with Crippen molar-refractivity contribution in [2.75, 3.05) is 0 Å². The molecule has 1 unspecified atom stereocenters. The van der Waals surface area contributed by atoms with E-state index in [1.54, 1.807) is 0 Å². The third-order valence-electron chi connectivity index (χ3n) is 5.81. The molecule has 1 fully saturated rings. The first-order valence-electron chi connectivity index (χ1n) is 11.3. The molecule has 0 aliphatic heterocycles. The summed E-state index contributed by atoms with van der Waals surface area (Å²) in [6.07, 6.45) is 15.7.